The van der Waals surface area contributed by atoms with Gasteiger partial charge in [-0.2, -0.15) is 4.68 Å². The van der Waals surface area contributed by atoms with E-state index in [4.69, 9.17) is 23.2 Å². The van der Waals surface area contributed by atoms with Gasteiger partial charge in [0.25, 0.3) is 0 Å². The molecular formula is C14H10Cl2N4S. The fraction of sp³-hybridized carbons (Fsp3) is 0.0714. The maximum absolute atomic E-state index is 6.16. The van der Waals surface area contributed by atoms with E-state index < -0.39 is 0 Å². The number of aromatic nitrogens is 4. The molecule has 0 N–H and O–H groups in total. The van der Waals surface area contributed by atoms with E-state index in [0.29, 0.717) is 15.8 Å². The first-order valence-electron chi connectivity index (χ1n) is 6.14. The maximum atomic E-state index is 6.16. The van der Waals surface area contributed by atoms with Crippen LogP contribution in [0.25, 0.3) is 5.69 Å². The van der Waals surface area contributed by atoms with E-state index in [1.165, 1.54) is 0 Å². The molecule has 106 valence electrons. The van der Waals surface area contributed by atoms with Gasteiger partial charge in [-0.15, -0.1) is 16.9 Å². The second-order valence-corrected chi connectivity index (χ2v) is 6.07. The predicted molar refractivity (Wildman–Crippen MR) is 85.2 cm³/mol. The van der Waals surface area contributed by atoms with Gasteiger partial charge in [0.05, 0.1) is 16.5 Å². The fourth-order valence-corrected chi connectivity index (χ4v) is 3.19. The smallest absolute Gasteiger partial charge is 0.166 e. The standard InChI is InChI=1S/C14H10Cl2N4S/c15-10-6-7-12(16)13(8-10)21-9-14-17-18-19-20(14)11-4-2-1-3-5-11/h1-8H,9H2. The van der Waals surface area contributed by atoms with Gasteiger partial charge in [-0.05, 0) is 40.8 Å². The highest BCUT2D eigenvalue weighted by molar-refractivity contribution is 7.98. The number of tetrazole rings is 1. The first-order chi connectivity index (χ1) is 10.2. The van der Waals surface area contributed by atoms with Gasteiger partial charge in [-0.1, -0.05) is 41.4 Å². The zero-order valence-electron chi connectivity index (χ0n) is 10.8. The molecule has 0 saturated heterocycles. The minimum atomic E-state index is 0.599. The zero-order valence-corrected chi connectivity index (χ0v) is 13.1. The Labute approximate surface area is 136 Å². The Morgan fingerprint density at radius 2 is 1.86 bits per heavy atom. The number of hydrogen-bond acceptors (Lipinski definition) is 4. The number of benzene rings is 2. The van der Waals surface area contributed by atoms with Gasteiger partial charge in [-0.3, -0.25) is 0 Å². The minimum Gasteiger partial charge on any atom is -0.196 e. The summed E-state index contributed by atoms with van der Waals surface area (Å²) in [6, 6.07) is 15.1. The second kappa shape index (κ2) is 6.47. The monoisotopic (exact) mass is 336 g/mol. The fourth-order valence-electron chi connectivity index (χ4n) is 1.80. The number of hydrogen-bond donors (Lipinski definition) is 0. The topological polar surface area (TPSA) is 43.6 Å². The van der Waals surface area contributed by atoms with Crippen LogP contribution in [0.15, 0.2) is 53.4 Å². The lowest BCUT2D eigenvalue weighted by Crippen LogP contribution is -2.01. The normalized spacial score (nSPS) is 10.8. The van der Waals surface area contributed by atoms with E-state index in [0.717, 1.165) is 16.4 Å². The number of nitrogens with zero attached hydrogens (tertiary/aromatic N) is 4. The summed E-state index contributed by atoms with van der Waals surface area (Å²) < 4.78 is 1.71. The van der Waals surface area contributed by atoms with Crippen LogP contribution in [0.2, 0.25) is 10.0 Å². The van der Waals surface area contributed by atoms with Crippen molar-refractivity contribution in [3.63, 3.8) is 0 Å². The second-order valence-electron chi connectivity index (χ2n) is 4.21. The summed E-state index contributed by atoms with van der Waals surface area (Å²) in [5.74, 6) is 1.35. The van der Waals surface area contributed by atoms with Crippen molar-refractivity contribution in [3.05, 3.63) is 64.4 Å². The Balaban J connectivity index is 1.81. The molecule has 0 aliphatic rings. The quantitative estimate of drug-likeness (QED) is 0.667. The van der Waals surface area contributed by atoms with Crippen LogP contribution in [0.3, 0.4) is 0 Å². The van der Waals surface area contributed by atoms with Crippen molar-refractivity contribution < 1.29 is 0 Å². The van der Waals surface area contributed by atoms with Crippen LogP contribution in [0.5, 0.6) is 0 Å². The van der Waals surface area contributed by atoms with Crippen LogP contribution in [-0.2, 0) is 5.75 Å². The number of thioether (sulfide) groups is 1. The van der Waals surface area contributed by atoms with Crippen molar-refractivity contribution in [2.45, 2.75) is 10.6 Å². The highest BCUT2D eigenvalue weighted by Crippen LogP contribution is 2.31. The van der Waals surface area contributed by atoms with Gasteiger partial charge < -0.3 is 0 Å². The molecule has 0 spiro atoms. The molecule has 0 aliphatic carbocycles. The molecule has 0 bridgehead atoms. The highest BCUT2D eigenvalue weighted by atomic mass is 35.5. The van der Waals surface area contributed by atoms with E-state index in [1.54, 1.807) is 28.6 Å². The zero-order chi connectivity index (χ0) is 14.7. The van der Waals surface area contributed by atoms with Gasteiger partial charge in [-0.25, -0.2) is 0 Å². The van der Waals surface area contributed by atoms with Gasteiger partial charge in [0.2, 0.25) is 0 Å². The number of para-hydroxylation sites is 1. The van der Waals surface area contributed by atoms with E-state index in [9.17, 15) is 0 Å². The third-order valence-electron chi connectivity index (χ3n) is 2.78. The highest BCUT2D eigenvalue weighted by Gasteiger charge is 2.10. The Morgan fingerprint density at radius 1 is 1.05 bits per heavy atom. The van der Waals surface area contributed by atoms with Gasteiger partial charge in [0.1, 0.15) is 0 Å². The average molecular weight is 337 g/mol. The molecule has 21 heavy (non-hydrogen) atoms. The van der Waals surface area contributed by atoms with Gasteiger partial charge in [0.15, 0.2) is 5.82 Å². The molecule has 0 atom stereocenters. The molecule has 3 rings (SSSR count). The SMILES string of the molecule is Clc1ccc(Cl)c(SCc2nnnn2-c2ccccc2)c1. The van der Waals surface area contributed by atoms with Crippen molar-refractivity contribution in [2.24, 2.45) is 0 Å². The van der Waals surface area contributed by atoms with E-state index in [1.807, 2.05) is 36.4 Å². The van der Waals surface area contributed by atoms with E-state index >= 15 is 0 Å². The molecule has 7 heteroatoms. The molecule has 0 saturated carbocycles. The minimum absolute atomic E-state index is 0.599. The summed E-state index contributed by atoms with van der Waals surface area (Å²) in [6.45, 7) is 0. The lowest BCUT2D eigenvalue weighted by molar-refractivity contribution is 0.777. The number of halogens is 2. The van der Waals surface area contributed by atoms with Crippen molar-refractivity contribution in [3.8, 4) is 5.69 Å². The summed E-state index contributed by atoms with van der Waals surface area (Å²) in [4.78, 5) is 0.909. The lowest BCUT2D eigenvalue weighted by atomic mass is 10.3. The van der Waals surface area contributed by atoms with Crippen molar-refractivity contribution in [1.29, 1.82) is 0 Å². The Bertz CT molecular complexity index is 746. The largest absolute Gasteiger partial charge is 0.196 e. The van der Waals surface area contributed by atoms with E-state index in [-0.39, 0.29) is 0 Å². The summed E-state index contributed by atoms with van der Waals surface area (Å²) >= 11 is 13.7. The first-order valence-corrected chi connectivity index (χ1v) is 7.89. The van der Waals surface area contributed by atoms with Gasteiger partial charge >= 0.3 is 0 Å². The molecule has 3 aromatic rings. The molecule has 1 heterocycles. The van der Waals surface area contributed by atoms with Crippen LogP contribution in [0.1, 0.15) is 5.82 Å². The molecule has 0 unspecified atom stereocenters. The first kappa shape index (κ1) is 14.4. The van der Waals surface area contributed by atoms with E-state index in [2.05, 4.69) is 15.5 Å². The molecule has 2 aromatic carbocycles. The van der Waals surface area contributed by atoms with Crippen molar-refractivity contribution >= 4 is 35.0 Å². The van der Waals surface area contributed by atoms with Crippen LogP contribution >= 0.6 is 35.0 Å². The third-order valence-corrected chi connectivity index (χ3v) is 4.51. The molecule has 0 aliphatic heterocycles. The summed E-state index contributed by atoms with van der Waals surface area (Å²) in [6.07, 6.45) is 0. The lowest BCUT2D eigenvalue weighted by Gasteiger charge is -2.06. The Hall–Kier alpha value is -1.56. The van der Waals surface area contributed by atoms with Crippen LogP contribution in [-0.4, -0.2) is 20.2 Å². The molecule has 4 nitrogen and oxygen atoms in total. The van der Waals surface area contributed by atoms with Crippen LogP contribution in [0, 0.1) is 0 Å². The molecule has 0 radical (unpaired) electrons. The average Bonchev–Trinajstić information content (AvgIpc) is 2.97. The molecule has 1 aromatic heterocycles. The molecule has 0 fully saturated rings. The summed E-state index contributed by atoms with van der Waals surface area (Å²) in [5.41, 5.74) is 0.926. The molecular weight excluding hydrogens is 327 g/mol. The van der Waals surface area contributed by atoms with Crippen molar-refractivity contribution in [2.75, 3.05) is 0 Å². The maximum Gasteiger partial charge on any atom is 0.166 e. The summed E-state index contributed by atoms with van der Waals surface area (Å²) in [7, 11) is 0. The number of rotatable bonds is 4. The third kappa shape index (κ3) is 3.37. The van der Waals surface area contributed by atoms with Crippen molar-refractivity contribution in [1.82, 2.24) is 20.2 Å². The predicted octanol–water partition coefficient (Wildman–Crippen LogP) is 4.26. The van der Waals surface area contributed by atoms with Gasteiger partial charge in [0, 0.05) is 9.92 Å². The summed E-state index contributed by atoms with van der Waals surface area (Å²) in [5, 5.41) is 13.2. The van der Waals surface area contributed by atoms with Crippen LogP contribution < -0.4 is 0 Å². The van der Waals surface area contributed by atoms with Crippen LogP contribution in [0.4, 0.5) is 0 Å². The molecule has 0 amide bonds. The Morgan fingerprint density at radius 3 is 2.67 bits per heavy atom. The Kier molecular flexibility index (Phi) is 4.43.